The van der Waals surface area contributed by atoms with Crippen molar-refractivity contribution in [2.24, 2.45) is 0 Å². The van der Waals surface area contributed by atoms with Crippen LogP contribution in [-0.2, 0) is 11.3 Å². The van der Waals surface area contributed by atoms with Gasteiger partial charge in [-0.3, -0.25) is 4.79 Å². The lowest BCUT2D eigenvalue weighted by molar-refractivity contribution is -0.113. The van der Waals surface area contributed by atoms with Gasteiger partial charge in [0.25, 0.3) is 0 Å². The molecule has 0 spiro atoms. The molecule has 0 aliphatic heterocycles. The lowest BCUT2D eigenvalue weighted by Crippen LogP contribution is -2.19. The number of hydrogen-bond donors (Lipinski definition) is 1. The second-order valence-corrected chi connectivity index (χ2v) is 8.29. The third kappa shape index (κ3) is 4.09. The van der Waals surface area contributed by atoms with E-state index < -0.39 is 0 Å². The Morgan fingerprint density at radius 2 is 2.07 bits per heavy atom. The van der Waals surface area contributed by atoms with Crippen LogP contribution in [0, 0.1) is 31.0 Å². The molecule has 154 valence electrons. The molecule has 30 heavy (non-hydrogen) atoms. The van der Waals surface area contributed by atoms with Crippen molar-refractivity contribution in [3.8, 4) is 6.07 Å². The van der Waals surface area contributed by atoms with Crippen molar-refractivity contribution in [3.63, 3.8) is 0 Å². The molecule has 0 atom stereocenters. The number of nitriles is 1. The topological polar surface area (TPSA) is 88.5 Å². The summed E-state index contributed by atoms with van der Waals surface area (Å²) in [5, 5.41) is 21.3. The first-order valence-corrected chi connectivity index (χ1v) is 10.6. The maximum atomic E-state index is 13.2. The quantitative estimate of drug-likeness (QED) is 0.583. The Morgan fingerprint density at radius 3 is 2.73 bits per heavy atom. The largest absolute Gasteiger partial charge is 0.326 e. The zero-order chi connectivity index (χ0) is 21.3. The van der Waals surface area contributed by atoms with Gasteiger partial charge in [0.2, 0.25) is 5.91 Å². The molecule has 0 bridgehead atoms. The van der Waals surface area contributed by atoms with Crippen LogP contribution in [0.4, 0.5) is 10.2 Å². The third-order valence-corrected chi connectivity index (χ3v) is 6.22. The van der Waals surface area contributed by atoms with Gasteiger partial charge in [-0.05, 0) is 49.9 Å². The second-order valence-electron chi connectivity index (χ2n) is 7.35. The molecular weight excluding hydrogens is 403 g/mol. The van der Waals surface area contributed by atoms with Crippen molar-refractivity contribution >= 4 is 23.5 Å². The van der Waals surface area contributed by atoms with Gasteiger partial charge in [-0.2, -0.15) is 5.26 Å². The fraction of sp³-hybridized carbons (Fsp3) is 0.333. The average Bonchev–Trinajstić information content (AvgIpc) is 3.43. The summed E-state index contributed by atoms with van der Waals surface area (Å²) >= 11 is 1.33. The molecule has 1 aliphatic carbocycles. The van der Waals surface area contributed by atoms with E-state index >= 15 is 0 Å². The molecule has 0 saturated heterocycles. The number of nitrogens with zero attached hydrogens (tertiary/aromatic N) is 5. The van der Waals surface area contributed by atoms with Gasteiger partial charge in [-0.1, -0.05) is 23.9 Å². The van der Waals surface area contributed by atoms with Crippen LogP contribution in [0.2, 0.25) is 0 Å². The monoisotopic (exact) mass is 424 g/mol. The summed E-state index contributed by atoms with van der Waals surface area (Å²) in [4.78, 5) is 12.7. The molecule has 1 saturated carbocycles. The summed E-state index contributed by atoms with van der Waals surface area (Å²) in [6, 6.07) is 8.83. The Labute approximate surface area is 177 Å². The molecule has 1 fully saturated rings. The first-order chi connectivity index (χ1) is 14.5. The number of anilines is 1. The second kappa shape index (κ2) is 8.32. The molecule has 2 aromatic heterocycles. The predicted octanol–water partition coefficient (Wildman–Crippen LogP) is 3.82. The Morgan fingerprint density at radius 1 is 1.33 bits per heavy atom. The summed E-state index contributed by atoms with van der Waals surface area (Å²) in [6.45, 7) is 4.19. The van der Waals surface area contributed by atoms with Crippen molar-refractivity contribution in [2.45, 2.75) is 44.4 Å². The molecule has 2 heterocycles. The van der Waals surface area contributed by atoms with E-state index in [0.717, 1.165) is 34.8 Å². The molecular formula is C21H21FN6OS. The van der Waals surface area contributed by atoms with Gasteiger partial charge in [0.05, 0.1) is 11.3 Å². The molecule has 0 unspecified atom stereocenters. The van der Waals surface area contributed by atoms with Crippen molar-refractivity contribution in [3.05, 3.63) is 58.8 Å². The zero-order valence-electron chi connectivity index (χ0n) is 16.7. The van der Waals surface area contributed by atoms with E-state index in [0.29, 0.717) is 24.0 Å². The van der Waals surface area contributed by atoms with Gasteiger partial charge in [0.15, 0.2) is 5.16 Å². The van der Waals surface area contributed by atoms with Crippen LogP contribution in [0.5, 0.6) is 0 Å². The summed E-state index contributed by atoms with van der Waals surface area (Å²) in [5.74, 6) is 0.100. The Bertz CT molecular complexity index is 1120. The molecule has 1 N–H and O–H groups in total. The van der Waals surface area contributed by atoms with Gasteiger partial charge in [-0.15, -0.1) is 10.2 Å². The number of carbonyl (C=O) groups excluding carboxylic acids is 1. The normalized spacial score (nSPS) is 13.3. The van der Waals surface area contributed by atoms with Gasteiger partial charge >= 0.3 is 0 Å². The predicted molar refractivity (Wildman–Crippen MR) is 112 cm³/mol. The molecule has 4 rings (SSSR count). The summed E-state index contributed by atoms with van der Waals surface area (Å²) < 4.78 is 17.1. The first kappa shape index (κ1) is 20.2. The van der Waals surface area contributed by atoms with Crippen LogP contribution in [0.3, 0.4) is 0 Å². The highest BCUT2D eigenvalue weighted by atomic mass is 32.2. The molecule has 1 aromatic carbocycles. The molecule has 9 heteroatoms. The maximum absolute atomic E-state index is 13.2. The molecule has 7 nitrogen and oxygen atoms in total. The van der Waals surface area contributed by atoms with Crippen LogP contribution < -0.4 is 5.32 Å². The number of halogens is 1. The van der Waals surface area contributed by atoms with Gasteiger partial charge in [-0.25, -0.2) is 4.39 Å². The number of aromatic nitrogens is 4. The highest BCUT2D eigenvalue weighted by Gasteiger charge is 2.26. The molecule has 3 aromatic rings. The SMILES string of the molecule is Cc1c(C#N)c(NC(=O)CSc2nncn2C2CC2)n(Cc2ccc(F)cc2)c1C. The van der Waals surface area contributed by atoms with E-state index in [1.54, 1.807) is 18.5 Å². The Balaban J connectivity index is 1.52. The number of rotatable bonds is 7. The smallest absolute Gasteiger partial charge is 0.235 e. The van der Waals surface area contributed by atoms with Crippen LogP contribution >= 0.6 is 11.8 Å². The van der Waals surface area contributed by atoms with Crippen molar-refractivity contribution < 1.29 is 9.18 Å². The number of benzene rings is 1. The number of thioether (sulfide) groups is 1. The van der Waals surface area contributed by atoms with Crippen molar-refractivity contribution in [1.82, 2.24) is 19.3 Å². The van der Waals surface area contributed by atoms with Crippen molar-refractivity contribution in [2.75, 3.05) is 11.1 Å². The van der Waals surface area contributed by atoms with Gasteiger partial charge in [0, 0.05) is 18.3 Å². The van der Waals surface area contributed by atoms with E-state index in [4.69, 9.17) is 0 Å². The minimum absolute atomic E-state index is 0.163. The molecule has 1 aliphatic rings. The standard InChI is InChI=1S/C21H21FN6OS/c1-13-14(2)27(10-15-3-5-16(22)6-4-15)20(18(13)9-23)25-19(29)11-30-21-26-24-12-28(21)17-7-8-17/h3-6,12,17H,7-8,10-11H2,1-2H3,(H,25,29). The number of amides is 1. The summed E-state index contributed by atoms with van der Waals surface area (Å²) in [6.07, 6.45) is 3.92. The van der Waals surface area contributed by atoms with Crippen molar-refractivity contribution in [1.29, 1.82) is 5.26 Å². The minimum Gasteiger partial charge on any atom is -0.326 e. The number of hydrogen-bond acceptors (Lipinski definition) is 5. The van der Waals surface area contributed by atoms with E-state index in [1.807, 2.05) is 23.0 Å². The van der Waals surface area contributed by atoms with E-state index in [2.05, 4.69) is 21.6 Å². The molecule has 0 radical (unpaired) electrons. The highest BCUT2D eigenvalue weighted by Crippen LogP contribution is 2.37. The van der Waals surface area contributed by atoms with E-state index in [-0.39, 0.29) is 17.5 Å². The Kier molecular flexibility index (Phi) is 5.59. The van der Waals surface area contributed by atoms with E-state index in [1.165, 1.54) is 23.9 Å². The highest BCUT2D eigenvalue weighted by molar-refractivity contribution is 7.99. The summed E-state index contributed by atoms with van der Waals surface area (Å²) in [7, 11) is 0. The van der Waals surface area contributed by atoms with Crippen LogP contribution in [0.15, 0.2) is 35.7 Å². The summed E-state index contributed by atoms with van der Waals surface area (Å²) in [5.41, 5.74) is 3.01. The van der Waals surface area contributed by atoms with Gasteiger partial charge < -0.3 is 14.5 Å². The lowest BCUT2D eigenvalue weighted by atomic mass is 10.2. The minimum atomic E-state index is -0.304. The first-order valence-electron chi connectivity index (χ1n) is 9.64. The Hall–Kier alpha value is -3.12. The van der Waals surface area contributed by atoms with Crippen LogP contribution in [0.1, 0.15) is 41.3 Å². The van der Waals surface area contributed by atoms with Crippen LogP contribution in [-0.4, -0.2) is 31.0 Å². The number of nitrogens with one attached hydrogen (secondary N) is 1. The van der Waals surface area contributed by atoms with E-state index in [9.17, 15) is 14.4 Å². The third-order valence-electron chi connectivity index (χ3n) is 5.27. The molecule has 1 amide bonds. The fourth-order valence-electron chi connectivity index (χ4n) is 3.34. The zero-order valence-corrected chi connectivity index (χ0v) is 17.5. The lowest BCUT2D eigenvalue weighted by Gasteiger charge is -2.13. The van der Waals surface area contributed by atoms with Crippen LogP contribution in [0.25, 0.3) is 0 Å². The average molecular weight is 425 g/mol. The number of carbonyl (C=O) groups is 1. The maximum Gasteiger partial charge on any atom is 0.235 e. The van der Waals surface area contributed by atoms with Gasteiger partial charge in [0.1, 0.15) is 24.0 Å². The fourth-order valence-corrected chi connectivity index (χ4v) is 4.12.